The second-order valence-electron chi connectivity index (χ2n) is 8.44. The Balaban J connectivity index is 1.37. The van der Waals surface area contributed by atoms with Crippen LogP contribution in [0, 0.1) is 17.1 Å². The summed E-state index contributed by atoms with van der Waals surface area (Å²) >= 11 is 0. The minimum atomic E-state index is -0.153. The number of aromatic nitrogens is 2. The second kappa shape index (κ2) is 11.4. The van der Waals surface area contributed by atoms with Crippen LogP contribution >= 0.6 is 0 Å². The van der Waals surface area contributed by atoms with Crippen LogP contribution < -0.4 is 4.74 Å². The lowest BCUT2D eigenvalue weighted by atomic mass is 9.98. The molecule has 4 nitrogen and oxygen atoms in total. The van der Waals surface area contributed by atoms with Crippen molar-refractivity contribution in [3.8, 4) is 11.8 Å². The molecule has 1 heterocycles. The zero-order valence-electron chi connectivity index (χ0n) is 19.4. The molecule has 0 saturated carbocycles. The van der Waals surface area contributed by atoms with Crippen LogP contribution in [0.4, 0.5) is 4.39 Å². The molecule has 0 fully saturated rings. The summed E-state index contributed by atoms with van der Waals surface area (Å²) in [4.78, 5) is 8.81. The number of unbranched alkanes of at least 4 members (excludes halogenated alkanes) is 1. The molecule has 0 aliphatic heterocycles. The first-order chi connectivity index (χ1) is 16.7. The highest BCUT2D eigenvalue weighted by Crippen LogP contribution is 2.24. The Morgan fingerprint density at radius 1 is 0.882 bits per heavy atom. The molecule has 4 aromatic rings. The molecule has 0 aliphatic rings. The van der Waals surface area contributed by atoms with E-state index in [1.54, 1.807) is 24.5 Å². The third kappa shape index (κ3) is 5.96. The van der Waals surface area contributed by atoms with E-state index in [-0.39, 0.29) is 5.82 Å². The minimum Gasteiger partial charge on any atom is -0.490 e. The third-order valence-corrected chi connectivity index (χ3v) is 5.95. The van der Waals surface area contributed by atoms with Gasteiger partial charge in [-0.15, -0.1) is 0 Å². The summed E-state index contributed by atoms with van der Waals surface area (Å²) in [7, 11) is 0. The largest absolute Gasteiger partial charge is 0.490 e. The Morgan fingerprint density at radius 2 is 1.62 bits per heavy atom. The number of halogens is 1. The van der Waals surface area contributed by atoms with Crippen LogP contribution in [0.25, 0.3) is 10.8 Å². The standard InChI is InChI=1S/C29H28FN3O/c1-2-3-16-34-26-19-32-28(33-20-26)15-10-22-9-14-27-25(17-22)13-12-24(29(27)30)11-8-21-4-6-23(18-31)7-5-21/h4-7,9,12-14,17,19-20H,2-3,8,10-11,15-16H2,1H3. The lowest BCUT2D eigenvalue weighted by molar-refractivity contribution is 0.306. The average Bonchev–Trinajstić information content (AvgIpc) is 2.88. The molecule has 0 amide bonds. The number of nitrogens with zero attached hydrogens (tertiary/aromatic N) is 3. The van der Waals surface area contributed by atoms with E-state index in [0.29, 0.717) is 41.7 Å². The average molecular weight is 454 g/mol. The first-order valence-electron chi connectivity index (χ1n) is 11.8. The molecular weight excluding hydrogens is 425 g/mol. The predicted octanol–water partition coefficient (Wildman–Crippen LogP) is 6.39. The molecule has 0 N–H and O–H groups in total. The van der Waals surface area contributed by atoms with Crippen molar-refractivity contribution in [1.82, 2.24) is 9.97 Å². The van der Waals surface area contributed by atoms with Crippen molar-refractivity contribution in [2.24, 2.45) is 0 Å². The normalized spacial score (nSPS) is 10.9. The summed E-state index contributed by atoms with van der Waals surface area (Å²) in [5.41, 5.74) is 3.57. The fourth-order valence-corrected chi connectivity index (χ4v) is 3.90. The van der Waals surface area contributed by atoms with Gasteiger partial charge in [-0.05, 0) is 59.9 Å². The van der Waals surface area contributed by atoms with Gasteiger partial charge < -0.3 is 4.74 Å². The highest BCUT2D eigenvalue weighted by Gasteiger charge is 2.09. The Labute approximate surface area is 200 Å². The Kier molecular flexibility index (Phi) is 7.83. The molecule has 0 saturated heterocycles. The number of aryl methyl sites for hydroxylation is 4. The van der Waals surface area contributed by atoms with Gasteiger partial charge in [-0.25, -0.2) is 14.4 Å². The zero-order valence-corrected chi connectivity index (χ0v) is 19.4. The van der Waals surface area contributed by atoms with E-state index in [4.69, 9.17) is 10.00 Å². The molecule has 4 rings (SSSR count). The lowest BCUT2D eigenvalue weighted by Crippen LogP contribution is -2.01. The molecular formula is C29H28FN3O. The molecule has 0 spiro atoms. The second-order valence-corrected chi connectivity index (χ2v) is 8.44. The van der Waals surface area contributed by atoms with Crippen molar-refractivity contribution in [2.75, 3.05) is 6.61 Å². The molecule has 0 bridgehead atoms. The van der Waals surface area contributed by atoms with Crippen LogP contribution in [0.5, 0.6) is 5.75 Å². The van der Waals surface area contributed by atoms with Gasteiger partial charge in [-0.1, -0.05) is 55.8 Å². The third-order valence-electron chi connectivity index (χ3n) is 5.95. The molecule has 0 aliphatic carbocycles. The molecule has 34 heavy (non-hydrogen) atoms. The van der Waals surface area contributed by atoms with E-state index < -0.39 is 0 Å². The van der Waals surface area contributed by atoms with Gasteiger partial charge in [-0.3, -0.25) is 0 Å². The number of hydrogen-bond donors (Lipinski definition) is 0. The lowest BCUT2D eigenvalue weighted by Gasteiger charge is -2.09. The molecule has 5 heteroatoms. The summed E-state index contributed by atoms with van der Waals surface area (Å²) in [6, 6.07) is 19.4. The van der Waals surface area contributed by atoms with Crippen LogP contribution in [0.1, 0.15) is 47.8 Å². The zero-order chi connectivity index (χ0) is 23.8. The van der Waals surface area contributed by atoms with Crippen molar-refractivity contribution in [3.05, 3.63) is 101 Å². The van der Waals surface area contributed by atoms with Crippen LogP contribution in [0.15, 0.2) is 67.0 Å². The monoisotopic (exact) mass is 453 g/mol. The maximum atomic E-state index is 15.1. The first-order valence-corrected chi connectivity index (χ1v) is 11.8. The summed E-state index contributed by atoms with van der Waals surface area (Å²) < 4.78 is 20.8. The fourth-order valence-electron chi connectivity index (χ4n) is 3.90. The number of rotatable bonds is 10. The molecule has 3 aromatic carbocycles. The minimum absolute atomic E-state index is 0.153. The first kappa shape index (κ1) is 23.4. The van der Waals surface area contributed by atoms with Crippen molar-refractivity contribution in [3.63, 3.8) is 0 Å². The van der Waals surface area contributed by atoms with Crippen LogP contribution in [0.2, 0.25) is 0 Å². The van der Waals surface area contributed by atoms with Gasteiger partial charge >= 0.3 is 0 Å². The maximum absolute atomic E-state index is 15.1. The molecule has 0 radical (unpaired) electrons. The van der Waals surface area contributed by atoms with E-state index in [9.17, 15) is 0 Å². The van der Waals surface area contributed by atoms with Gasteiger partial charge in [0, 0.05) is 11.8 Å². The predicted molar refractivity (Wildman–Crippen MR) is 132 cm³/mol. The summed E-state index contributed by atoms with van der Waals surface area (Å²) in [5.74, 6) is 1.32. The van der Waals surface area contributed by atoms with Gasteiger partial charge in [0.1, 0.15) is 11.6 Å². The topological polar surface area (TPSA) is 58.8 Å². The van der Waals surface area contributed by atoms with Crippen LogP contribution in [-0.4, -0.2) is 16.6 Å². The van der Waals surface area contributed by atoms with Gasteiger partial charge in [0.25, 0.3) is 0 Å². The highest BCUT2D eigenvalue weighted by molar-refractivity contribution is 5.84. The van der Waals surface area contributed by atoms with Crippen LogP contribution in [-0.2, 0) is 25.7 Å². The SMILES string of the molecule is CCCCOc1cnc(CCc2ccc3c(F)c(CCc4ccc(C#N)cc4)ccc3c2)nc1. The fraction of sp³-hybridized carbons (Fsp3) is 0.276. The van der Waals surface area contributed by atoms with Gasteiger partial charge in [0.05, 0.1) is 30.6 Å². The van der Waals surface area contributed by atoms with E-state index in [0.717, 1.165) is 48.0 Å². The Morgan fingerprint density at radius 3 is 2.35 bits per heavy atom. The van der Waals surface area contributed by atoms with E-state index >= 15 is 4.39 Å². The summed E-state index contributed by atoms with van der Waals surface area (Å²) in [6.07, 6.45) is 8.41. The Bertz CT molecular complexity index is 1280. The summed E-state index contributed by atoms with van der Waals surface area (Å²) in [5, 5.41) is 10.5. The number of benzene rings is 3. The van der Waals surface area contributed by atoms with Gasteiger partial charge in [0.15, 0.2) is 5.75 Å². The number of ether oxygens (including phenoxy) is 1. The van der Waals surface area contributed by atoms with Crippen molar-refractivity contribution in [2.45, 2.75) is 45.4 Å². The molecule has 0 atom stereocenters. The smallest absolute Gasteiger partial charge is 0.155 e. The number of hydrogen-bond acceptors (Lipinski definition) is 4. The van der Waals surface area contributed by atoms with Gasteiger partial charge in [-0.2, -0.15) is 5.26 Å². The van der Waals surface area contributed by atoms with Crippen molar-refractivity contribution in [1.29, 1.82) is 5.26 Å². The highest BCUT2D eigenvalue weighted by atomic mass is 19.1. The van der Waals surface area contributed by atoms with E-state index in [1.807, 2.05) is 42.5 Å². The van der Waals surface area contributed by atoms with Crippen molar-refractivity contribution >= 4 is 10.8 Å². The summed E-state index contributed by atoms with van der Waals surface area (Å²) in [6.45, 7) is 2.81. The van der Waals surface area contributed by atoms with Crippen molar-refractivity contribution < 1.29 is 9.13 Å². The van der Waals surface area contributed by atoms with Crippen LogP contribution in [0.3, 0.4) is 0 Å². The maximum Gasteiger partial charge on any atom is 0.155 e. The van der Waals surface area contributed by atoms with E-state index in [2.05, 4.69) is 23.0 Å². The molecule has 0 unspecified atom stereocenters. The van der Waals surface area contributed by atoms with E-state index in [1.165, 1.54) is 0 Å². The molecule has 1 aromatic heterocycles. The van der Waals surface area contributed by atoms with Gasteiger partial charge in [0.2, 0.25) is 0 Å². The Hall–Kier alpha value is -3.78. The number of fused-ring (bicyclic) bond motifs is 1. The number of nitriles is 1. The quantitative estimate of drug-likeness (QED) is 0.261. The molecule has 172 valence electrons.